The lowest BCUT2D eigenvalue weighted by atomic mass is 10.0. The average Bonchev–Trinajstić information content (AvgIpc) is 3.08. The maximum atomic E-state index is 12.0. The SMILES string of the molecule is COC(=O)c1ccc2c(-c3ccccc3)cn(CCOCC(=O)OC(C)(C)C)c2c1. The second-order valence-corrected chi connectivity index (χ2v) is 7.96. The zero-order chi connectivity index (χ0) is 21.7. The third kappa shape index (κ3) is 5.27. The van der Waals surface area contributed by atoms with Crippen LogP contribution in [0.2, 0.25) is 0 Å². The summed E-state index contributed by atoms with van der Waals surface area (Å²) in [5.41, 5.74) is 3.00. The molecule has 6 nitrogen and oxygen atoms in total. The number of hydrogen-bond acceptors (Lipinski definition) is 5. The molecule has 0 spiro atoms. The largest absolute Gasteiger partial charge is 0.465 e. The van der Waals surface area contributed by atoms with Gasteiger partial charge < -0.3 is 18.8 Å². The van der Waals surface area contributed by atoms with E-state index in [0.717, 1.165) is 22.0 Å². The van der Waals surface area contributed by atoms with Crippen LogP contribution in [0.1, 0.15) is 31.1 Å². The lowest BCUT2D eigenvalue weighted by Gasteiger charge is -2.19. The molecule has 3 aromatic rings. The van der Waals surface area contributed by atoms with Crippen molar-refractivity contribution in [2.75, 3.05) is 20.3 Å². The van der Waals surface area contributed by atoms with E-state index in [1.54, 1.807) is 6.07 Å². The van der Waals surface area contributed by atoms with Crippen LogP contribution in [0.3, 0.4) is 0 Å². The number of carbonyl (C=O) groups excluding carboxylic acids is 2. The molecule has 0 aliphatic heterocycles. The number of benzene rings is 2. The second kappa shape index (κ2) is 9.13. The minimum absolute atomic E-state index is 0.102. The van der Waals surface area contributed by atoms with Crippen LogP contribution in [0, 0.1) is 0 Å². The topological polar surface area (TPSA) is 66.8 Å². The summed E-state index contributed by atoms with van der Waals surface area (Å²) in [7, 11) is 1.37. The van der Waals surface area contributed by atoms with Gasteiger partial charge in [0.2, 0.25) is 0 Å². The van der Waals surface area contributed by atoms with E-state index >= 15 is 0 Å². The van der Waals surface area contributed by atoms with Crippen LogP contribution in [-0.4, -0.2) is 42.4 Å². The molecule has 1 heterocycles. The van der Waals surface area contributed by atoms with Crippen LogP contribution < -0.4 is 0 Å². The van der Waals surface area contributed by atoms with Crippen molar-refractivity contribution in [1.82, 2.24) is 4.57 Å². The Hall–Kier alpha value is -3.12. The number of ether oxygens (including phenoxy) is 3. The van der Waals surface area contributed by atoms with Crippen molar-refractivity contribution in [3.63, 3.8) is 0 Å². The minimum Gasteiger partial charge on any atom is -0.465 e. The maximum absolute atomic E-state index is 12.0. The highest BCUT2D eigenvalue weighted by molar-refractivity contribution is 6.00. The smallest absolute Gasteiger partial charge is 0.337 e. The molecular formula is C24H27NO5. The molecule has 30 heavy (non-hydrogen) atoms. The van der Waals surface area contributed by atoms with Gasteiger partial charge in [0, 0.05) is 29.2 Å². The molecule has 158 valence electrons. The molecule has 0 saturated carbocycles. The molecule has 0 saturated heterocycles. The predicted octanol–water partition coefficient (Wildman–Crippen LogP) is 4.45. The number of rotatable bonds is 7. The summed E-state index contributed by atoms with van der Waals surface area (Å²) in [4.78, 5) is 23.8. The Morgan fingerprint density at radius 3 is 2.43 bits per heavy atom. The van der Waals surface area contributed by atoms with E-state index in [0.29, 0.717) is 18.7 Å². The first kappa shape index (κ1) is 21.6. The van der Waals surface area contributed by atoms with E-state index in [4.69, 9.17) is 14.2 Å². The van der Waals surface area contributed by atoms with E-state index in [1.807, 2.05) is 74.0 Å². The van der Waals surface area contributed by atoms with Crippen LogP contribution in [0.15, 0.2) is 54.7 Å². The molecule has 1 aromatic heterocycles. The summed E-state index contributed by atoms with van der Waals surface area (Å²) in [5, 5.41) is 1.03. The van der Waals surface area contributed by atoms with Crippen LogP contribution in [0.25, 0.3) is 22.0 Å². The highest BCUT2D eigenvalue weighted by Gasteiger charge is 2.17. The fraction of sp³-hybridized carbons (Fsp3) is 0.333. The van der Waals surface area contributed by atoms with Gasteiger partial charge in [-0.25, -0.2) is 9.59 Å². The van der Waals surface area contributed by atoms with Crippen molar-refractivity contribution in [3.05, 3.63) is 60.3 Å². The Bertz CT molecular complexity index is 1030. The minimum atomic E-state index is -0.536. The average molecular weight is 409 g/mol. The molecule has 0 atom stereocenters. The number of fused-ring (bicyclic) bond motifs is 1. The van der Waals surface area contributed by atoms with E-state index < -0.39 is 11.6 Å². The molecule has 3 rings (SSSR count). The Balaban J connectivity index is 1.82. The normalized spacial score (nSPS) is 11.5. The Labute approximate surface area is 176 Å². The fourth-order valence-electron chi connectivity index (χ4n) is 3.26. The highest BCUT2D eigenvalue weighted by atomic mass is 16.6. The fourth-order valence-corrected chi connectivity index (χ4v) is 3.26. The lowest BCUT2D eigenvalue weighted by Crippen LogP contribution is -2.26. The zero-order valence-electron chi connectivity index (χ0n) is 17.8. The second-order valence-electron chi connectivity index (χ2n) is 7.96. The standard InChI is InChI=1S/C24H27NO5/c1-24(2,3)30-22(26)16-29-13-12-25-15-20(17-8-6-5-7-9-17)19-11-10-18(14-21(19)25)23(27)28-4/h5-11,14-15H,12-13,16H2,1-4H3. The van der Waals surface area contributed by atoms with Gasteiger partial charge in [0.25, 0.3) is 0 Å². The molecule has 2 aromatic carbocycles. The van der Waals surface area contributed by atoms with E-state index in [2.05, 4.69) is 0 Å². The van der Waals surface area contributed by atoms with E-state index in [9.17, 15) is 9.59 Å². The van der Waals surface area contributed by atoms with Crippen LogP contribution in [0.4, 0.5) is 0 Å². The molecule has 0 bridgehead atoms. The third-order valence-electron chi connectivity index (χ3n) is 4.50. The molecule has 0 radical (unpaired) electrons. The van der Waals surface area contributed by atoms with Crippen molar-refractivity contribution in [2.45, 2.75) is 32.9 Å². The monoisotopic (exact) mass is 409 g/mol. The summed E-state index contributed by atoms with van der Waals surface area (Å²) in [6.45, 7) is 6.22. The van der Waals surface area contributed by atoms with Gasteiger partial charge in [-0.15, -0.1) is 0 Å². The van der Waals surface area contributed by atoms with Gasteiger partial charge in [-0.2, -0.15) is 0 Å². The number of carbonyl (C=O) groups is 2. The molecule has 0 aliphatic carbocycles. The summed E-state index contributed by atoms with van der Waals surface area (Å²) >= 11 is 0. The molecule has 0 amide bonds. The van der Waals surface area contributed by atoms with Gasteiger partial charge >= 0.3 is 11.9 Å². The summed E-state index contributed by atoms with van der Waals surface area (Å²) < 4.78 is 17.7. The molecular weight excluding hydrogens is 382 g/mol. The first-order chi connectivity index (χ1) is 14.3. The first-order valence-corrected chi connectivity index (χ1v) is 9.85. The third-order valence-corrected chi connectivity index (χ3v) is 4.50. The van der Waals surface area contributed by atoms with Gasteiger partial charge in [-0.05, 0) is 38.5 Å². The zero-order valence-corrected chi connectivity index (χ0v) is 17.8. The number of hydrogen-bond donors (Lipinski definition) is 0. The Morgan fingerprint density at radius 1 is 1.03 bits per heavy atom. The van der Waals surface area contributed by atoms with Gasteiger partial charge in [0.15, 0.2) is 0 Å². The van der Waals surface area contributed by atoms with Crippen molar-refractivity contribution in [3.8, 4) is 11.1 Å². The first-order valence-electron chi connectivity index (χ1n) is 9.85. The van der Waals surface area contributed by atoms with E-state index in [1.165, 1.54) is 7.11 Å². The molecule has 0 fully saturated rings. The quantitative estimate of drug-likeness (QED) is 0.426. The molecule has 0 N–H and O–H groups in total. The Kier molecular flexibility index (Phi) is 6.57. The maximum Gasteiger partial charge on any atom is 0.337 e. The summed E-state index contributed by atoms with van der Waals surface area (Å²) in [6, 6.07) is 15.6. The highest BCUT2D eigenvalue weighted by Crippen LogP contribution is 2.31. The van der Waals surface area contributed by atoms with Crippen LogP contribution >= 0.6 is 0 Å². The van der Waals surface area contributed by atoms with E-state index in [-0.39, 0.29) is 12.6 Å². The van der Waals surface area contributed by atoms with Crippen molar-refractivity contribution in [2.24, 2.45) is 0 Å². The van der Waals surface area contributed by atoms with Crippen molar-refractivity contribution in [1.29, 1.82) is 0 Å². The Morgan fingerprint density at radius 2 is 1.77 bits per heavy atom. The van der Waals surface area contributed by atoms with Gasteiger partial charge in [-0.3, -0.25) is 0 Å². The van der Waals surface area contributed by atoms with Crippen molar-refractivity contribution >= 4 is 22.8 Å². The number of nitrogens with zero attached hydrogens (tertiary/aromatic N) is 1. The summed E-state index contributed by atoms with van der Waals surface area (Å²) in [5.74, 6) is -0.773. The van der Waals surface area contributed by atoms with Crippen LogP contribution in [0.5, 0.6) is 0 Å². The van der Waals surface area contributed by atoms with Crippen LogP contribution in [-0.2, 0) is 25.5 Å². The lowest BCUT2D eigenvalue weighted by molar-refractivity contribution is -0.160. The van der Waals surface area contributed by atoms with Gasteiger partial charge in [0.05, 0.1) is 19.3 Å². The molecule has 0 aliphatic rings. The predicted molar refractivity (Wildman–Crippen MR) is 115 cm³/mol. The van der Waals surface area contributed by atoms with Gasteiger partial charge in [-0.1, -0.05) is 36.4 Å². The number of aromatic nitrogens is 1. The number of methoxy groups -OCH3 is 1. The summed E-state index contributed by atoms with van der Waals surface area (Å²) in [6.07, 6.45) is 2.04. The van der Waals surface area contributed by atoms with Crippen molar-refractivity contribution < 1.29 is 23.8 Å². The molecule has 0 unspecified atom stereocenters. The van der Waals surface area contributed by atoms with Gasteiger partial charge in [0.1, 0.15) is 12.2 Å². The number of esters is 2. The molecule has 6 heteroatoms.